The largest absolute Gasteiger partial charge is 0.444 e. The maximum atomic E-state index is 14.5. The number of amides is 1. The van der Waals surface area contributed by atoms with Gasteiger partial charge in [-0.2, -0.15) is 13.2 Å². The molecule has 2 N–H and O–H groups in total. The number of fused-ring (bicyclic) bond motifs is 2. The van der Waals surface area contributed by atoms with Crippen LogP contribution >= 0.6 is 0 Å². The van der Waals surface area contributed by atoms with Crippen LogP contribution in [0.4, 0.5) is 23.8 Å². The lowest BCUT2D eigenvalue weighted by molar-refractivity contribution is -0.212. The van der Waals surface area contributed by atoms with Crippen LogP contribution in [0.1, 0.15) is 66.5 Å². The summed E-state index contributed by atoms with van der Waals surface area (Å²) in [6.45, 7) is 9.59. The normalized spacial score (nSPS) is 31.2. The first-order valence-corrected chi connectivity index (χ1v) is 14.5. The molecule has 0 saturated carbocycles. The van der Waals surface area contributed by atoms with Crippen LogP contribution in [0.2, 0.25) is 0 Å². The van der Waals surface area contributed by atoms with Crippen molar-refractivity contribution in [2.24, 2.45) is 0 Å². The van der Waals surface area contributed by atoms with Gasteiger partial charge in [0.2, 0.25) is 0 Å². The number of carbonyl (C=O) groups excluding carboxylic acids is 1. The number of halogens is 3. The highest BCUT2D eigenvalue weighted by Crippen LogP contribution is 2.50. The maximum absolute atomic E-state index is 14.5. The summed E-state index contributed by atoms with van der Waals surface area (Å²) in [6.07, 6.45) is -3.12. The highest BCUT2D eigenvalue weighted by molar-refractivity contribution is 5.86. The molecule has 4 aliphatic rings. The number of carbonyl (C=O) groups is 1. The van der Waals surface area contributed by atoms with Crippen LogP contribution in [-0.4, -0.2) is 97.5 Å². The Hall–Kier alpha value is -2.68. The Morgan fingerprint density at radius 2 is 1.81 bits per heavy atom. The van der Waals surface area contributed by atoms with E-state index in [1.54, 1.807) is 61.2 Å². The predicted octanol–water partition coefficient (Wildman–Crippen LogP) is 4.23. The first kappa shape index (κ1) is 29.4. The number of anilines is 1. The van der Waals surface area contributed by atoms with E-state index >= 15 is 0 Å². The van der Waals surface area contributed by atoms with Crippen LogP contribution in [0, 0.1) is 0 Å². The van der Waals surface area contributed by atoms with Crippen molar-refractivity contribution in [1.29, 1.82) is 0 Å². The van der Waals surface area contributed by atoms with Gasteiger partial charge in [0.15, 0.2) is 12.0 Å². The standard InChI is InChI=1S/C28H39F3N6O5/c1-25(2,3)42-24(38)35-12-9-27(10-13-35)8-6-18(28(29,30)31)37(27)14-17-19-20(41-26(4,5)40-19)23(39-17)36-11-7-16-21(32)33-15-34-22(16)36/h7,11,15,17-20,23H,6,8-10,12-14H2,1-5H3,(H2,32,33,34)/t17-,18?,19-,20-,23-/m1/s1. The smallest absolute Gasteiger partial charge is 0.410 e. The van der Waals surface area contributed by atoms with E-state index in [1.165, 1.54) is 6.33 Å². The Balaban J connectivity index is 1.27. The molecule has 4 aliphatic heterocycles. The van der Waals surface area contributed by atoms with Gasteiger partial charge >= 0.3 is 12.3 Å². The number of nitrogen functional groups attached to an aromatic ring is 1. The van der Waals surface area contributed by atoms with Crippen molar-refractivity contribution in [3.63, 3.8) is 0 Å². The minimum absolute atomic E-state index is 0.00401. The molecule has 232 valence electrons. The lowest BCUT2D eigenvalue weighted by Crippen LogP contribution is -2.59. The molecule has 0 aromatic carbocycles. The van der Waals surface area contributed by atoms with Gasteiger partial charge in [0.05, 0.1) is 5.39 Å². The SMILES string of the molecule is CC(C)(C)OC(=O)N1CCC2(CCC(C(F)(F)F)N2C[C@H]2O[C@@H](n3ccc4c(N)ncnc43)[C@@H]3OC(C)(C)O[C@@H]32)CC1. The molecule has 6 rings (SSSR count). The van der Waals surface area contributed by atoms with E-state index in [0.29, 0.717) is 49.2 Å². The molecule has 5 atom stereocenters. The van der Waals surface area contributed by atoms with Crippen molar-refractivity contribution in [2.75, 3.05) is 25.4 Å². The highest BCUT2D eigenvalue weighted by Gasteiger charge is 2.61. The molecule has 0 bridgehead atoms. The number of nitrogens with zero attached hydrogens (tertiary/aromatic N) is 5. The van der Waals surface area contributed by atoms with Crippen LogP contribution in [0.3, 0.4) is 0 Å². The van der Waals surface area contributed by atoms with Crippen LogP contribution in [0.25, 0.3) is 11.0 Å². The molecule has 4 saturated heterocycles. The minimum Gasteiger partial charge on any atom is -0.444 e. The van der Waals surface area contributed by atoms with E-state index in [9.17, 15) is 18.0 Å². The highest BCUT2D eigenvalue weighted by atomic mass is 19.4. The maximum Gasteiger partial charge on any atom is 0.410 e. The van der Waals surface area contributed by atoms with E-state index in [0.717, 1.165) is 0 Å². The summed E-state index contributed by atoms with van der Waals surface area (Å²) in [5.41, 5.74) is 5.20. The molecule has 0 radical (unpaired) electrons. The summed E-state index contributed by atoms with van der Waals surface area (Å²) < 4.78 is 69.7. The van der Waals surface area contributed by atoms with E-state index in [1.807, 2.05) is 0 Å². The van der Waals surface area contributed by atoms with Crippen LogP contribution in [0.5, 0.6) is 0 Å². The van der Waals surface area contributed by atoms with E-state index in [2.05, 4.69) is 9.97 Å². The lowest BCUT2D eigenvalue weighted by atomic mass is 9.84. The number of piperidine rings is 1. The summed E-state index contributed by atoms with van der Waals surface area (Å²) in [5, 5.41) is 0.645. The van der Waals surface area contributed by atoms with E-state index < -0.39 is 59.8 Å². The van der Waals surface area contributed by atoms with E-state index in [-0.39, 0.29) is 13.0 Å². The van der Waals surface area contributed by atoms with Crippen LogP contribution < -0.4 is 5.73 Å². The third-order valence-electron chi connectivity index (χ3n) is 8.91. The number of hydrogen-bond donors (Lipinski definition) is 1. The van der Waals surface area contributed by atoms with Gasteiger partial charge in [-0.1, -0.05) is 0 Å². The van der Waals surface area contributed by atoms with Gasteiger partial charge in [0, 0.05) is 31.4 Å². The van der Waals surface area contributed by atoms with Gasteiger partial charge in [-0.05, 0) is 66.4 Å². The first-order valence-electron chi connectivity index (χ1n) is 14.5. The number of likely N-dealkylation sites (tertiary alicyclic amines) is 2. The molecule has 14 heteroatoms. The minimum atomic E-state index is -4.42. The first-order chi connectivity index (χ1) is 19.6. The third kappa shape index (κ3) is 5.20. The predicted molar refractivity (Wildman–Crippen MR) is 145 cm³/mol. The Morgan fingerprint density at radius 1 is 1.12 bits per heavy atom. The second-order valence-corrected chi connectivity index (χ2v) is 13.3. The van der Waals surface area contributed by atoms with Crippen molar-refractivity contribution < 1.29 is 36.9 Å². The molecular weight excluding hydrogens is 557 g/mol. The molecule has 2 aromatic rings. The number of alkyl halides is 3. The van der Waals surface area contributed by atoms with Gasteiger partial charge in [-0.25, -0.2) is 14.8 Å². The summed E-state index contributed by atoms with van der Waals surface area (Å²) in [6, 6.07) is 0.159. The average molecular weight is 597 g/mol. The molecule has 4 fully saturated rings. The van der Waals surface area contributed by atoms with E-state index in [4.69, 9.17) is 24.7 Å². The zero-order valence-corrected chi connectivity index (χ0v) is 24.6. The number of aromatic nitrogens is 3. The van der Waals surface area contributed by atoms with Crippen molar-refractivity contribution >= 4 is 22.9 Å². The molecular formula is C28H39F3N6O5. The van der Waals surface area contributed by atoms with Crippen molar-refractivity contribution in [3.8, 4) is 0 Å². The third-order valence-corrected chi connectivity index (χ3v) is 8.91. The van der Waals surface area contributed by atoms with Gasteiger partial charge < -0.3 is 34.1 Å². The summed E-state index contributed by atoms with van der Waals surface area (Å²) in [5.74, 6) is -0.629. The second kappa shape index (κ2) is 9.93. The molecule has 42 heavy (non-hydrogen) atoms. The molecule has 1 unspecified atom stereocenters. The summed E-state index contributed by atoms with van der Waals surface area (Å²) in [7, 11) is 0. The zero-order valence-electron chi connectivity index (χ0n) is 24.6. The summed E-state index contributed by atoms with van der Waals surface area (Å²) in [4.78, 5) is 24.3. The second-order valence-electron chi connectivity index (χ2n) is 13.3. The van der Waals surface area contributed by atoms with Crippen molar-refractivity contribution in [1.82, 2.24) is 24.3 Å². The number of nitrogens with two attached hydrogens (primary N) is 1. The van der Waals surface area contributed by atoms with Crippen molar-refractivity contribution in [2.45, 2.75) is 114 Å². The molecule has 1 amide bonds. The Kier molecular flexibility index (Phi) is 6.95. The number of hydrogen-bond acceptors (Lipinski definition) is 9. The molecule has 6 heterocycles. The Morgan fingerprint density at radius 3 is 2.48 bits per heavy atom. The molecule has 1 spiro atoms. The Bertz CT molecular complexity index is 1340. The van der Waals surface area contributed by atoms with Gasteiger partial charge in [0.25, 0.3) is 0 Å². The Labute approximate surface area is 242 Å². The lowest BCUT2D eigenvalue weighted by Gasteiger charge is -2.47. The number of rotatable bonds is 3. The zero-order chi connectivity index (χ0) is 30.2. The fourth-order valence-corrected chi connectivity index (χ4v) is 7.09. The molecule has 11 nitrogen and oxygen atoms in total. The monoisotopic (exact) mass is 596 g/mol. The van der Waals surface area contributed by atoms with Gasteiger partial charge in [-0.3, -0.25) is 4.90 Å². The molecule has 2 aromatic heterocycles. The summed E-state index contributed by atoms with van der Waals surface area (Å²) >= 11 is 0. The topological polar surface area (TPSA) is 117 Å². The quantitative estimate of drug-likeness (QED) is 0.556. The van der Waals surface area contributed by atoms with Crippen LogP contribution in [-0.2, 0) is 18.9 Å². The van der Waals surface area contributed by atoms with Crippen LogP contribution in [0.15, 0.2) is 18.6 Å². The fourth-order valence-electron chi connectivity index (χ4n) is 7.09. The fraction of sp³-hybridized carbons (Fsp3) is 0.750. The number of ether oxygens (including phenoxy) is 4. The van der Waals surface area contributed by atoms with Gasteiger partial charge in [-0.15, -0.1) is 0 Å². The van der Waals surface area contributed by atoms with Crippen molar-refractivity contribution in [3.05, 3.63) is 18.6 Å². The average Bonchev–Trinajstić information content (AvgIpc) is 3.61. The van der Waals surface area contributed by atoms with Gasteiger partial charge in [0.1, 0.15) is 47.7 Å². The molecule has 0 aliphatic carbocycles.